The predicted octanol–water partition coefficient (Wildman–Crippen LogP) is 2.14. The van der Waals surface area contributed by atoms with Gasteiger partial charge in [0.25, 0.3) is 0 Å². The van der Waals surface area contributed by atoms with E-state index in [0.717, 1.165) is 32.2 Å². The first kappa shape index (κ1) is 14.0. The van der Waals surface area contributed by atoms with Gasteiger partial charge in [-0.3, -0.25) is 9.59 Å². The third-order valence-corrected chi connectivity index (χ3v) is 3.59. The van der Waals surface area contributed by atoms with E-state index in [1.807, 2.05) is 13.8 Å². The van der Waals surface area contributed by atoms with Crippen LogP contribution in [0.3, 0.4) is 0 Å². The Morgan fingerprint density at radius 1 is 1.18 bits per heavy atom. The first-order valence-electron chi connectivity index (χ1n) is 6.63. The van der Waals surface area contributed by atoms with E-state index in [9.17, 15) is 14.7 Å². The SMILES string of the molecule is CCCN(CC)C(=O)[C@@H]1CCCC[C@@H]1C(=O)O. The van der Waals surface area contributed by atoms with Crippen molar-refractivity contribution in [3.8, 4) is 0 Å². The van der Waals surface area contributed by atoms with Crippen molar-refractivity contribution in [2.45, 2.75) is 46.0 Å². The number of hydrogen-bond acceptors (Lipinski definition) is 2. The van der Waals surface area contributed by atoms with E-state index >= 15 is 0 Å². The molecule has 4 nitrogen and oxygen atoms in total. The smallest absolute Gasteiger partial charge is 0.307 e. The van der Waals surface area contributed by atoms with Crippen LogP contribution in [0.1, 0.15) is 46.0 Å². The van der Waals surface area contributed by atoms with Crippen LogP contribution in [0, 0.1) is 11.8 Å². The van der Waals surface area contributed by atoms with Gasteiger partial charge in [0.2, 0.25) is 5.91 Å². The normalized spacial score (nSPS) is 24.4. The summed E-state index contributed by atoms with van der Waals surface area (Å²) in [6.07, 6.45) is 4.21. The second-order valence-electron chi connectivity index (χ2n) is 4.75. The van der Waals surface area contributed by atoms with Crippen molar-refractivity contribution in [3.05, 3.63) is 0 Å². The minimum Gasteiger partial charge on any atom is -0.481 e. The third-order valence-electron chi connectivity index (χ3n) is 3.59. The zero-order chi connectivity index (χ0) is 12.8. The largest absolute Gasteiger partial charge is 0.481 e. The Kier molecular flexibility index (Phi) is 5.45. The molecule has 0 unspecified atom stereocenters. The molecule has 1 N–H and O–H groups in total. The lowest BCUT2D eigenvalue weighted by atomic mass is 9.78. The number of carbonyl (C=O) groups is 2. The standard InChI is InChI=1S/C13H23NO3/c1-3-9-14(4-2)12(15)10-7-5-6-8-11(10)13(16)17/h10-11H,3-9H2,1-2H3,(H,16,17)/t10-,11+/m1/s1. The molecule has 1 aliphatic rings. The Labute approximate surface area is 103 Å². The van der Waals surface area contributed by atoms with Crippen molar-refractivity contribution in [2.24, 2.45) is 11.8 Å². The van der Waals surface area contributed by atoms with E-state index in [2.05, 4.69) is 0 Å². The summed E-state index contributed by atoms with van der Waals surface area (Å²) >= 11 is 0. The van der Waals surface area contributed by atoms with E-state index < -0.39 is 11.9 Å². The highest BCUT2D eigenvalue weighted by molar-refractivity contribution is 5.85. The molecule has 1 aliphatic carbocycles. The molecule has 0 heterocycles. The zero-order valence-electron chi connectivity index (χ0n) is 10.8. The van der Waals surface area contributed by atoms with Crippen molar-refractivity contribution in [3.63, 3.8) is 0 Å². The molecule has 0 aliphatic heterocycles. The van der Waals surface area contributed by atoms with E-state index in [4.69, 9.17) is 0 Å². The topological polar surface area (TPSA) is 57.6 Å². The summed E-state index contributed by atoms with van der Waals surface area (Å²) in [6, 6.07) is 0. The van der Waals surface area contributed by atoms with Crippen molar-refractivity contribution in [2.75, 3.05) is 13.1 Å². The molecule has 2 atom stereocenters. The first-order valence-corrected chi connectivity index (χ1v) is 6.63. The molecule has 1 rings (SSSR count). The van der Waals surface area contributed by atoms with Gasteiger partial charge >= 0.3 is 5.97 Å². The van der Waals surface area contributed by atoms with Crippen LogP contribution in [0.5, 0.6) is 0 Å². The molecule has 0 aromatic heterocycles. The summed E-state index contributed by atoms with van der Waals surface area (Å²) in [5.41, 5.74) is 0. The van der Waals surface area contributed by atoms with Crippen LogP contribution in [-0.2, 0) is 9.59 Å². The van der Waals surface area contributed by atoms with Crippen molar-refractivity contribution in [1.82, 2.24) is 4.90 Å². The number of rotatable bonds is 5. The van der Waals surface area contributed by atoms with Crippen LogP contribution in [0.25, 0.3) is 0 Å². The molecule has 0 aromatic carbocycles. The van der Waals surface area contributed by atoms with Gasteiger partial charge in [-0.15, -0.1) is 0 Å². The van der Waals surface area contributed by atoms with Gasteiger partial charge < -0.3 is 10.0 Å². The second kappa shape index (κ2) is 6.62. The molecule has 1 fully saturated rings. The van der Waals surface area contributed by atoms with Gasteiger partial charge in [0.1, 0.15) is 0 Å². The minimum absolute atomic E-state index is 0.0430. The molecule has 0 saturated heterocycles. The average molecular weight is 241 g/mol. The molecule has 0 aromatic rings. The van der Waals surface area contributed by atoms with Crippen LogP contribution in [0.4, 0.5) is 0 Å². The molecule has 0 spiro atoms. The summed E-state index contributed by atoms with van der Waals surface area (Å²) in [4.78, 5) is 25.3. The highest BCUT2D eigenvalue weighted by Crippen LogP contribution is 2.31. The number of carboxylic acid groups (broad SMARTS) is 1. The van der Waals surface area contributed by atoms with Crippen molar-refractivity contribution in [1.29, 1.82) is 0 Å². The van der Waals surface area contributed by atoms with E-state index in [-0.39, 0.29) is 11.8 Å². The third kappa shape index (κ3) is 3.45. The molecule has 17 heavy (non-hydrogen) atoms. The molecule has 1 amide bonds. The van der Waals surface area contributed by atoms with Crippen LogP contribution in [-0.4, -0.2) is 35.0 Å². The van der Waals surface area contributed by atoms with Gasteiger partial charge in [-0.05, 0) is 26.2 Å². The van der Waals surface area contributed by atoms with Crippen molar-refractivity contribution >= 4 is 11.9 Å². The van der Waals surface area contributed by atoms with Crippen LogP contribution >= 0.6 is 0 Å². The summed E-state index contributed by atoms with van der Waals surface area (Å²) in [6.45, 7) is 5.39. The molecule has 0 bridgehead atoms. The van der Waals surface area contributed by atoms with Crippen LogP contribution < -0.4 is 0 Å². The zero-order valence-corrected chi connectivity index (χ0v) is 10.8. The number of carbonyl (C=O) groups excluding carboxylic acids is 1. The highest BCUT2D eigenvalue weighted by Gasteiger charge is 2.37. The monoisotopic (exact) mass is 241 g/mol. The second-order valence-corrected chi connectivity index (χ2v) is 4.75. The fourth-order valence-corrected chi connectivity index (χ4v) is 2.65. The van der Waals surface area contributed by atoms with E-state index in [1.54, 1.807) is 4.90 Å². The van der Waals surface area contributed by atoms with E-state index in [1.165, 1.54) is 0 Å². The Hall–Kier alpha value is -1.06. The maximum absolute atomic E-state index is 12.3. The summed E-state index contributed by atoms with van der Waals surface area (Å²) in [7, 11) is 0. The lowest BCUT2D eigenvalue weighted by Crippen LogP contribution is -2.42. The van der Waals surface area contributed by atoms with Gasteiger partial charge in [-0.2, -0.15) is 0 Å². The molecule has 98 valence electrons. The Balaban J connectivity index is 2.73. The molecular formula is C13H23NO3. The predicted molar refractivity (Wildman–Crippen MR) is 65.6 cm³/mol. The summed E-state index contributed by atoms with van der Waals surface area (Å²) < 4.78 is 0. The minimum atomic E-state index is -0.810. The van der Waals surface area contributed by atoms with Gasteiger partial charge in [0.15, 0.2) is 0 Å². The maximum Gasteiger partial charge on any atom is 0.307 e. The van der Waals surface area contributed by atoms with Crippen LogP contribution in [0.2, 0.25) is 0 Å². The highest BCUT2D eigenvalue weighted by atomic mass is 16.4. The van der Waals surface area contributed by atoms with Gasteiger partial charge in [0.05, 0.1) is 11.8 Å². The summed E-state index contributed by atoms with van der Waals surface area (Å²) in [5.74, 6) is -1.54. The molecule has 0 radical (unpaired) electrons. The molecule has 1 saturated carbocycles. The fourth-order valence-electron chi connectivity index (χ4n) is 2.65. The van der Waals surface area contributed by atoms with Gasteiger partial charge in [-0.1, -0.05) is 19.8 Å². The number of hydrogen-bond donors (Lipinski definition) is 1. The number of carboxylic acids is 1. The first-order chi connectivity index (χ1) is 8.11. The van der Waals surface area contributed by atoms with E-state index in [0.29, 0.717) is 13.0 Å². The average Bonchev–Trinajstić information content (AvgIpc) is 2.35. The Morgan fingerprint density at radius 3 is 2.24 bits per heavy atom. The van der Waals surface area contributed by atoms with Crippen molar-refractivity contribution < 1.29 is 14.7 Å². The molecular weight excluding hydrogens is 218 g/mol. The molecule has 4 heteroatoms. The fraction of sp³-hybridized carbons (Fsp3) is 0.846. The quantitative estimate of drug-likeness (QED) is 0.802. The number of nitrogens with zero attached hydrogens (tertiary/aromatic N) is 1. The van der Waals surface area contributed by atoms with Crippen LogP contribution in [0.15, 0.2) is 0 Å². The lowest BCUT2D eigenvalue weighted by molar-refractivity contribution is -0.152. The lowest BCUT2D eigenvalue weighted by Gasteiger charge is -2.32. The number of aliphatic carboxylic acids is 1. The summed E-state index contributed by atoms with van der Waals surface area (Å²) in [5, 5.41) is 9.17. The maximum atomic E-state index is 12.3. The number of amides is 1. The Bertz CT molecular complexity index is 278. The Morgan fingerprint density at radius 2 is 1.76 bits per heavy atom. The van der Waals surface area contributed by atoms with Gasteiger partial charge in [-0.25, -0.2) is 0 Å². The van der Waals surface area contributed by atoms with Gasteiger partial charge in [0, 0.05) is 13.1 Å².